The van der Waals surface area contributed by atoms with E-state index >= 15 is 0 Å². The van der Waals surface area contributed by atoms with E-state index in [1.54, 1.807) is 0 Å². The van der Waals surface area contributed by atoms with Gasteiger partial charge in [-0.1, -0.05) is 19.3 Å². The van der Waals surface area contributed by atoms with Crippen LogP contribution in [0.25, 0.3) is 0 Å². The molecule has 0 bridgehead atoms. The molecule has 5 nitrogen and oxygen atoms in total. The van der Waals surface area contributed by atoms with Crippen LogP contribution in [0, 0.1) is 5.92 Å². The lowest BCUT2D eigenvalue weighted by Crippen LogP contribution is -2.35. The molecule has 1 atom stereocenters. The van der Waals surface area contributed by atoms with Crippen LogP contribution in [0.5, 0.6) is 0 Å². The van der Waals surface area contributed by atoms with Gasteiger partial charge < -0.3 is 16.4 Å². The SMILES string of the molecule is CC(N)CCC(=O)NCCNC(=O)CC1CCCCC1. The highest BCUT2D eigenvalue weighted by atomic mass is 16.2. The van der Waals surface area contributed by atoms with Gasteiger partial charge in [-0.15, -0.1) is 0 Å². The highest BCUT2D eigenvalue weighted by molar-refractivity contribution is 5.77. The fourth-order valence-corrected chi connectivity index (χ4v) is 2.58. The molecule has 0 spiro atoms. The minimum atomic E-state index is 0.00355. The molecule has 0 saturated heterocycles. The van der Waals surface area contributed by atoms with Crippen molar-refractivity contribution < 1.29 is 9.59 Å². The molecule has 0 aromatic carbocycles. The highest BCUT2D eigenvalue weighted by Crippen LogP contribution is 2.25. The zero-order valence-corrected chi connectivity index (χ0v) is 12.6. The Hall–Kier alpha value is -1.10. The van der Waals surface area contributed by atoms with E-state index in [-0.39, 0.29) is 17.9 Å². The number of hydrogen-bond acceptors (Lipinski definition) is 3. The molecule has 0 heterocycles. The van der Waals surface area contributed by atoms with Gasteiger partial charge in [0.05, 0.1) is 0 Å². The van der Waals surface area contributed by atoms with Gasteiger partial charge in [-0.2, -0.15) is 0 Å². The lowest BCUT2D eigenvalue weighted by atomic mass is 9.87. The van der Waals surface area contributed by atoms with Crippen molar-refractivity contribution >= 4 is 11.8 Å². The van der Waals surface area contributed by atoms with Crippen molar-refractivity contribution in [2.24, 2.45) is 11.7 Å². The second-order valence-corrected chi connectivity index (χ2v) is 5.92. The van der Waals surface area contributed by atoms with Crippen LogP contribution in [0.4, 0.5) is 0 Å². The van der Waals surface area contributed by atoms with E-state index in [9.17, 15) is 9.59 Å². The molecule has 1 rings (SSSR count). The fourth-order valence-electron chi connectivity index (χ4n) is 2.58. The first kappa shape index (κ1) is 17.0. The summed E-state index contributed by atoms with van der Waals surface area (Å²) < 4.78 is 0. The standard InChI is InChI=1S/C15H29N3O2/c1-12(16)7-8-14(19)17-9-10-18-15(20)11-13-5-3-2-4-6-13/h12-13H,2-11,16H2,1H3,(H,17,19)(H,18,20). The molecule has 0 aromatic rings. The van der Waals surface area contributed by atoms with Gasteiger partial charge in [0.2, 0.25) is 11.8 Å². The van der Waals surface area contributed by atoms with Crippen LogP contribution < -0.4 is 16.4 Å². The number of hydrogen-bond donors (Lipinski definition) is 3. The van der Waals surface area contributed by atoms with E-state index < -0.39 is 0 Å². The Balaban J connectivity index is 1.99. The number of carbonyl (C=O) groups excluding carboxylic acids is 2. The molecule has 1 aliphatic carbocycles. The maximum Gasteiger partial charge on any atom is 0.220 e. The van der Waals surface area contributed by atoms with Crippen molar-refractivity contribution in [3.8, 4) is 0 Å². The van der Waals surface area contributed by atoms with Gasteiger partial charge in [0.25, 0.3) is 0 Å². The Morgan fingerprint density at radius 2 is 1.70 bits per heavy atom. The number of nitrogens with one attached hydrogen (secondary N) is 2. The van der Waals surface area contributed by atoms with Crippen LogP contribution in [-0.2, 0) is 9.59 Å². The Kier molecular flexibility index (Phi) is 8.26. The molecule has 1 saturated carbocycles. The average Bonchev–Trinajstić information content (AvgIpc) is 2.42. The third kappa shape index (κ3) is 8.15. The third-order valence-electron chi connectivity index (χ3n) is 3.79. The normalized spacial score (nSPS) is 17.5. The summed E-state index contributed by atoms with van der Waals surface area (Å²) in [5.41, 5.74) is 5.59. The van der Waals surface area contributed by atoms with Crippen molar-refractivity contribution in [3.05, 3.63) is 0 Å². The van der Waals surface area contributed by atoms with Crippen molar-refractivity contribution in [3.63, 3.8) is 0 Å². The highest BCUT2D eigenvalue weighted by Gasteiger charge is 2.16. The largest absolute Gasteiger partial charge is 0.354 e. The van der Waals surface area contributed by atoms with Gasteiger partial charge in [0, 0.05) is 32.0 Å². The molecule has 0 radical (unpaired) electrons. The zero-order valence-electron chi connectivity index (χ0n) is 12.6. The quantitative estimate of drug-likeness (QED) is 0.587. The third-order valence-corrected chi connectivity index (χ3v) is 3.79. The first-order valence-electron chi connectivity index (χ1n) is 7.87. The summed E-state index contributed by atoms with van der Waals surface area (Å²) in [5, 5.41) is 5.66. The molecular formula is C15H29N3O2. The summed E-state index contributed by atoms with van der Waals surface area (Å²) in [6.45, 7) is 2.89. The monoisotopic (exact) mass is 283 g/mol. The second-order valence-electron chi connectivity index (χ2n) is 5.92. The molecule has 1 aliphatic rings. The van der Waals surface area contributed by atoms with Gasteiger partial charge in [-0.05, 0) is 32.1 Å². The summed E-state index contributed by atoms with van der Waals surface area (Å²) in [5.74, 6) is 0.676. The average molecular weight is 283 g/mol. The molecule has 5 heteroatoms. The molecule has 0 aliphatic heterocycles. The number of carbonyl (C=O) groups is 2. The minimum absolute atomic E-state index is 0.00355. The predicted molar refractivity (Wildman–Crippen MR) is 80.1 cm³/mol. The lowest BCUT2D eigenvalue weighted by Gasteiger charge is -2.20. The number of amides is 2. The molecule has 0 aromatic heterocycles. The summed E-state index contributed by atoms with van der Waals surface area (Å²) in [6, 6.07) is 0.0518. The van der Waals surface area contributed by atoms with Crippen LogP contribution in [0.3, 0.4) is 0 Å². The Morgan fingerprint density at radius 3 is 2.30 bits per heavy atom. The van der Waals surface area contributed by atoms with Crippen molar-refractivity contribution in [1.82, 2.24) is 10.6 Å². The van der Waals surface area contributed by atoms with Gasteiger partial charge in [-0.3, -0.25) is 9.59 Å². The predicted octanol–water partition coefficient (Wildman–Crippen LogP) is 1.32. The van der Waals surface area contributed by atoms with E-state index in [0.717, 1.165) is 0 Å². The Morgan fingerprint density at radius 1 is 1.10 bits per heavy atom. The van der Waals surface area contributed by atoms with Crippen molar-refractivity contribution in [2.75, 3.05) is 13.1 Å². The molecule has 4 N–H and O–H groups in total. The summed E-state index contributed by atoms with van der Waals surface area (Å²) in [7, 11) is 0. The smallest absolute Gasteiger partial charge is 0.220 e. The first-order valence-corrected chi connectivity index (χ1v) is 7.87. The van der Waals surface area contributed by atoms with Gasteiger partial charge in [0.15, 0.2) is 0 Å². The maximum absolute atomic E-state index is 11.7. The van der Waals surface area contributed by atoms with Crippen LogP contribution in [0.15, 0.2) is 0 Å². The van der Waals surface area contributed by atoms with E-state index in [1.807, 2.05) is 6.92 Å². The van der Waals surface area contributed by atoms with E-state index in [1.165, 1.54) is 32.1 Å². The Labute approximate surface area is 122 Å². The van der Waals surface area contributed by atoms with Gasteiger partial charge in [-0.25, -0.2) is 0 Å². The second kappa shape index (κ2) is 9.75. The Bertz CT molecular complexity index is 299. The summed E-state index contributed by atoms with van der Waals surface area (Å²) >= 11 is 0. The van der Waals surface area contributed by atoms with Gasteiger partial charge in [0.1, 0.15) is 0 Å². The topological polar surface area (TPSA) is 84.2 Å². The lowest BCUT2D eigenvalue weighted by molar-refractivity contribution is -0.123. The van der Waals surface area contributed by atoms with Crippen LogP contribution in [0.2, 0.25) is 0 Å². The van der Waals surface area contributed by atoms with Crippen LogP contribution in [-0.4, -0.2) is 30.9 Å². The van der Waals surface area contributed by atoms with Crippen LogP contribution >= 0.6 is 0 Å². The molecule has 2 amide bonds. The summed E-state index contributed by atoms with van der Waals surface area (Å²) in [4.78, 5) is 23.2. The minimum Gasteiger partial charge on any atom is -0.354 e. The van der Waals surface area contributed by atoms with Crippen LogP contribution in [0.1, 0.15) is 58.3 Å². The van der Waals surface area contributed by atoms with Crippen molar-refractivity contribution in [1.29, 1.82) is 0 Å². The van der Waals surface area contributed by atoms with E-state index in [2.05, 4.69) is 10.6 Å². The van der Waals surface area contributed by atoms with E-state index in [4.69, 9.17) is 5.73 Å². The zero-order chi connectivity index (χ0) is 14.8. The molecule has 20 heavy (non-hydrogen) atoms. The van der Waals surface area contributed by atoms with Crippen molar-refractivity contribution in [2.45, 2.75) is 64.3 Å². The molecule has 116 valence electrons. The number of rotatable bonds is 8. The maximum atomic E-state index is 11.7. The molecular weight excluding hydrogens is 254 g/mol. The molecule has 1 fully saturated rings. The van der Waals surface area contributed by atoms with E-state index in [0.29, 0.717) is 38.3 Å². The number of nitrogens with two attached hydrogens (primary N) is 1. The molecule has 1 unspecified atom stereocenters. The van der Waals surface area contributed by atoms with Gasteiger partial charge >= 0.3 is 0 Å². The fraction of sp³-hybridized carbons (Fsp3) is 0.867. The summed E-state index contributed by atoms with van der Waals surface area (Å²) in [6.07, 6.45) is 7.97. The first-order chi connectivity index (χ1) is 9.58.